The third-order valence-electron chi connectivity index (χ3n) is 12.5. The molecule has 13 nitrogen and oxygen atoms in total. The van der Waals surface area contributed by atoms with Gasteiger partial charge in [-0.2, -0.15) is 0 Å². The number of carbonyl (C=O) groups is 5. The van der Waals surface area contributed by atoms with E-state index in [1.54, 1.807) is 12.2 Å². The van der Waals surface area contributed by atoms with Gasteiger partial charge in [-0.25, -0.2) is 22.0 Å². The maximum Gasteiger partial charge on any atom is 0.407 e. The van der Waals surface area contributed by atoms with Crippen LogP contribution in [-0.4, -0.2) is 119 Å². The van der Waals surface area contributed by atoms with Gasteiger partial charge in [-0.15, -0.1) is 0 Å². The van der Waals surface area contributed by atoms with Gasteiger partial charge in [-0.05, 0) is 75.8 Å². The van der Waals surface area contributed by atoms with Crippen LogP contribution in [0, 0.1) is 17.8 Å². The van der Waals surface area contributed by atoms with Gasteiger partial charge in [0.1, 0.15) is 5.54 Å². The van der Waals surface area contributed by atoms with Crippen LogP contribution in [0.25, 0.3) is 0 Å². The van der Waals surface area contributed by atoms with E-state index in [2.05, 4.69) is 10.0 Å². The third kappa shape index (κ3) is 8.00. The van der Waals surface area contributed by atoms with Gasteiger partial charge >= 0.3 is 6.09 Å². The molecule has 0 aromatic heterocycles. The van der Waals surface area contributed by atoms with Gasteiger partial charge in [-0.3, -0.25) is 28.8 Å². The van der Waals surface area contributed by atoms with Crippen molar-refractivity contribution in [2.24, 2.45) is 17.8 Å². The average Bonchev–Trinajstić information content (AvgIpc) is 4.04. The molecule has 0 spiro atoms. The fourth-order valence-corrected chi connectivity index (χ4v) is 10.6. The van der Waals surface area contributed by atoms with Crippen molar-refractivity contribution in [1.29, 1.82) is 0 Å². The van der Waals surface area contributed by atoms with E-state index in [-0.39, 0.29) is 63.3 Å². The van der Waals surface area contributed by atoms with Crippen LogP contribution in [0.2, 0.25) is 0 Å². The number of nitrogens with zero attached hydrogens (tertiary/aromatic N) is 3. The van der Waals surface area contributed by atoms with Crippen molar-refractivity contribution in [3.63, 3.8) is 0 Å². The van der Waals surface area contributed by atoms with Crippen molar-refractivity contribution in [3.05, 3.63) is 35.5 Å². The van der Waals surface area contributed by atoms with E-state index in [0.29, 0.717) is 37.1 Å². The molecule has 296 valence electrons. The number of fused-ring (bicyclic) bond motifs is 2. The van der Waals surface area contributed by atoms with Crippen LogP contribution in [0.5, 0.6) is 0 Å². The molecule has 0 radical (unpaired) electrons. The average molecular weight is 776 g/mol. The molecule has 7 rings (SSSR count). The molecule has 4 aliphatic heterocycles. The van der Waals surface area contributed by atoms with E-state index in [9.17, 15) is 46.3 Å². The van der Waals surface area contributed by atoms with Crippen LogP contribution < -0.4 is 10.0 Å². The number of ketones is 1. The second-order valence-corrected chi connectivity index (χ2v) is 18.3. The first-order valence-electron chi connectivity index (χ1n) is 19.6. The number of halogens is 2. The Bertz CT molecular complexity index is 1760. The standard InChI is InChI=1S/C38H51F2N5O8S/c39-37(40)15-8-17-44(23-37)31(46)20-24-10-13-28-29(33(24)47)14-18-45(36(50)51)32(28)25-19-30-34(48)41-38(35(49)42-54(52,53)27-11-12-27)21-26(38)9-6-4-2-1-3-5-7-16-43(30)22-25/h6,9-10,13,24-27,30,32H,1-5,7-8,11-12,14-23H2,(H,41,48)(H,42,49)(H,50,51)/b9-6-/t24-,25+,26?,30-,32?,38+/m0/s1. The van der Waals surface area contributed by atoms with Crippen LogP contribution in [0.4, 0.5) is 13.6 Å². The molecule has 2 saturated carbocycles. The summed E-state index contributed by atoms with van der Waals surface area (Å²) in [4.78, 5) is 72.0. The summed E-state index contributed by atoms with van der Waals surface area (Å²) in [6, 6.07) is -1.49. The number of sulfonamides is 1. The highest BCUT2D eigenvalue weighted by Gasteiger charge is 2.62. The Balaban J connectivity index is 1.12. The van der Waals surface area contributed by atoms with Crippen LogP contribution in [0.1, 0.15) is 89.9 Å². The molecule has 4 heterocycles. The minimum Gasteiger partial charge on any atom is -0.465 e. The largest absolute Gasteiger partial charge is 0.465 e. The second-order valence-electron chi connectivity index (χ2n) is 16.4. The Morgan fingerprint density at radius 3 is 2.50 bits per heavy atom. The van der Waals surface area contributed by atoms with E-state index >= 15 is 0 Å². The highest BCUT2D eigenvalue weighted by atomic mass is 32.2. The summed E-state index contributed by atoms with van der Waals surface area (Å²) in [7, 11) is -3.86. The van der Waals surface area contributed by atoms with Crippen molar-refractivity contribution in [1.82, 2.24) is 24.7 Å². The first-order chi connectivity index (χ1) is 25.7. The van der Waals surface area contributed by atoms with E-state index in [0.717, 1.165) is 43.4 Å². The highest BCUT2D eigenvalue weighted by molar-refractivity contribution is 7.91. The molecule has 7 aliphatic rings. The number of hydrogen-bond donors (Lipinski definition) is 3. The fraction of sp³-hybridized carbons (Fsp3) is 0.711. The second kappa shape index (κ2) is 15.1. The molecule has 2 saturated heterocycles. The molecule has 0 aromatic carbocycles. The number of carbonyl (C=O) groups excluding carboxylic acids is 4. The summed E-state index contributed by atoms with van der Waals surface area (Å²) in [6.45, 7) is 0.492. The summed E-state index contributed by atoms with van der Waals surface area (Å²) < 4.78 is 55.9. The van der Waals surface area contributed by atoms with E-state index < -0.39 is 81.0 Å². The van der Waals surface area contributed by atoms with E-state index in [1.165, 1.54) is 4.90 Å². The van der Waals surface area contributed by atoms with Gasteiger partial charge in [0.05, 0.1) is 23.9 Å². The number of piperidine rings is 1. The number of Topliss-reactive ketones (excluding diaryl/α,β-unsaturated/α-hetero) is 1. The van der Waals surface area contributed by atoms with Crippen molar-refractivity contribution in [2.75, 3.05) is 32.7 Å². The summed E-state index contributed by atoms with van der Waals surface area (Å²) in [5, 5.41) is 12.7. The zero-order valence-corrected chi connectivity index (χ0v) is 31.3. The number of nitrogens with one attached hydrogen (secondary N) is 2. The molecule has 4 amide bonds. The van der Waals surface area contributed by atoms with E-state index in [1.807, 2.05) is 17.1 Å². The van der Waals surface area contributed by atoms with Crippen LogP contribution in [0.15, 0.2) is 35.5 Å². The van der Waals surface area contributed by atoms with Crippen molar-refractivity contribution in [3.8, 4) is 0 Å². The Kier molecular flexibility index (Phi) is 10.8. The molecule has 0 bridgehead atoms. The monoisotopic (exact) mass is 775 g/mol. The van der Waals surface area contributed by atoms with E-state index in [4.69, 9.17) is 0 Å². The van der Waals surface area contributed by atoms with Crippen LogP contribution >= 0.6 is 0 Å². The lowest BCUT2D eigenvalue weighted by Crippen LogP contribution is -2.56. The van der Waals surface area contributed by atoms with Gasteiger partial charge in [0.2, 0.25) is 21.8 Å². The third-order valence-corrected chi connectivity index (χ3v) is 14.3. The number of rotatable bonds is 6. The quantitative estimate of drug-likeness (QED) is 0.342. The van der Waals surface area contributed by atoms with Crippen molar-refractivity contribution < 1.29 is 46.3 Å². The zero-order valence-electron chi connectivity index (χ0n) is 30.5. The minimum atomic E-state index is -3.86. The molecule has 54 heavy (non-hydrogen) atoms. The molecular weight excluding hydrogens is 725 g/mol. The lowest BCUT2D eigenvalue weighted by Gasteiger charge is -2.41. The fourth-order valence-electron chi connectivity index (χ4n) is 9.26. The molecule has 2 unspecified atom stereocenters. The number of carboxylic acid groups (broad SMARTS) is 1. The van der Waals surface area contributed by atoms with Gasteiger partial charge in [0.15, 0.2) is 5.78 Å². The first kappa shape index (κ1) is 38.6. The molecular formula is C38H51F2N5O8S. The van der Waals surface area contributed by atoms with Gasteiger partial charge in [0.25, 0.3) is 11.8 Å². The van der Waals surface area contributed by atoms with Gasteiger partial charge in [-0.1, -0.05) is 43.6 Å². The number of likely N-dealkylation sites (tertiary alicyclic amines) is 1. The zero-order chi connectivity index (χ0) is 38.4. The first-order valence-corrected chi connectivity index (χ1v) is 21.1. The number of hydrogen-bond acceptors (Lipinski definition) is 8. The summed E-state index contributed by atoms with van der Waals surface area (Å²) in [5.41, 5.74) is -0.457. The highest BCUT2D eigenvalue weighted by Crippen LogP contribution is 2.47. The summed E-state index contributed by atoms with van der Waals surface area (Å²) in [6.07, 6.45) is 12.9. The maximum absolute atomic E-state index is 14.3. The predicted molar refractivity (Wildman–Crippen MR) is 193 cm³/mol. The van der Waals surface area contributed by atoms with Crippen LogP contribution in [-0.2, 0) is 29.2 Å². The smallest absolute Gasteiger partial charge is 0.407 e. The van der Waals surface area contributed by atoms with Gasteiger partial charge in [0, 0.05) is 49.9 Å². The molecule has 16 heteroatoms. The van der Waals surface area contributed by atoms with Crippen molar-refractivity contribution >= 4 is 39.6 Å². The predicted octanol–water partition coefficient (Wildman–Crippen LogP) is 3.52. The minimum absolute atomic E-state index is 0.0392. The Morgan fingerprint density at radius 2 is 1.76 bits per heavy atom. The van der Waals surface area contributed by atoms with Crippen LogP contribution in [0.3, 0.4) is 0 Å². The Labute approximate surface area is 314 Å². The Hall–Kier alpha value is -3.66. The number of alkyl halides is 2. The molecule has 3 aliphatic carbocycles. The number of allylic oxidation sites excluding steroid dienone is 2. The topological polar surface area (TPSA) is 174 Å². The number of amides is 4. The SMILES string of the molecule is O=C1C2=C(C=C[C@H]1CC(=O)N1CCCC(F)(F)C1)C([C@@H]1C[C@H]3C(=O)N[C@]4(C(=O)NS(=O)(=O)C5CC5)CC4/C=C\CCCCCCCN3C1)N(C(=O)O)CC2. The normalized spacial score (nSPS) is 34.1. The maximum atomic E-state index is 14.3. The Morgan fingerprint density at radius 1 is 1.00 bits per heavy atom. The molecule has 3 N–H and O–H groups in total. The molecule has 4 fully saturated rings. The summed E-state index contributed by atoms with van der Waals surface area (Å²) >= 11 is 0. The molecule has 0 aromatic rings. The lowest BCUT2D eigenvalue weighted by atomic mass is 9.76. The van der Waals surface area contributed by atoms with Gasteiger partial charge < -0.3 is 20.2 Å². The molecule has 6 atom stereocenters. The lowest BCUT2D eigenvalue weighted by molar-refractivity contribution is -0.143. The van der Waals surface area contributed by atoms with Crippen molar-refractivity contribution in [2.45, 2.75) is 119 Å². The summed E-state index contributed by atoms with van der Waals surface area (Å²) in [5.74, 6) is -6.58.